The Morgan fingerprint density at radius 2 is 1.80 bits per heavy atom. The number of fused-ring (bicyclic) bond motifs is 1. The average Bonchev–Trinajstić information content (AvgIpc) is 2.65. The second-order valence-corrected chi connectivity index (χ2v) is 6.48. The first-order valence-corrected chi connectivity index (χ1v) is 9.04. The molecule has 2 aromatic carbocycles. The molecule has 6 heteroatoms. The molecule has 1 heterocycles. The van der Waals surface area contributed by atoms with Gasteiger partial charge in [-0.2, -0.15) is 0 Å². The third-order valence-electron chi connectivity index (χ3n) is 3.95. The minimum atomic E-state index is -0.101. The lowest BCUT2D eigenvalue weighted by atomic mass is 10.2. The number of aromatic nitrogens is 2. The molecule has 0 radical (unpaired) electrons. The molecule has 128 valence electrons. The maximum Gasteiger partial charge on any atom is 0.261 e. The van der Waals surface area contributed by atoms with Crippen LogP contribution in [0.5, 0.6) is 0 Å². The molecule has 1 amide bonds. The quantitative estimate of drug-likeness (QED) is 0.522. The van der Waals surface area contributed by atoms with Gasteiger partial charge in [-0.15, -0.1) is 0 Å². The Kier molecular flexibility index (Phi) is 5.19. The van der Waals surface area contributed by atoms with Gasteiger partial charge >= 0.3 is 0 Å². The van der Waals surface area contributed by atoms with E-state index in [1.165, 1.54) is 16.3 Å². The van der Waals surface area contributed by atoms with Crippen LogP contribution in [0.1, 0.15) is 6.92 Å². The van der Waals surface area contributed by atoms with E-state index >= 15 is 0 Å². The monoisotopic (exact) mass is 353 g/mol. The van der Waals surface area contributed by atoms with Crippen molar-refractivity contribution in [1.29, 1.82) is 0 Å². The Morgan fingerprint density at radius 3 is 2.52 bits per heavy atom. The molecule has 0 N–H and O–H groups in total. The number of rotatable bonds is 5. The van der Waals surface area contributed by atoms with E-state index in [0.717, 1.165) is 5.69 Å². The second-order valence-electron chi connectivity index (χ2n) is 5.54. The number of hydrogen-bond acceptors (Lipinski definition) is 4. The maximum absolute atomic E-state index is 12.6. The third-order valence-corrected chi connectivity index (χ3v) is 4.97. The molecule has 0 spiro atoms. The summed E-state index contributed by atoms with van der Waals surface area (Å²) < 4.78 is 1.50. The largest absolute Gasteiger partial charge is 0.312 e. The van der Waals surface area contributed by atoms with Gasteiger partial charge in [-0.1, -0.05) is 42.1 Å². The molecular formula is C19H19N3O2S. The number of carbonyl (C=O) groups excluding carboxylic acids is 1. The summed E-state index contributed by atoms with van der Waals surface area (Å²) in [6.07, 6.45) is 0. The van der Waals surface area contributed by atoms with Gasteiger partial charge in [0.25, 0.3) is 5.56 Å². The summed E-state index contributed by atoms with van der Waals surface area (Å²) in [4.78, 5) is 31.3. The van der Waals surface area contributed by atoms with Crippen LogP contribution >= 0.6 is 11.8 Å². The van der Waals surface area contributed by atoms with Gasteiger partial charge in [0, 0.05) is 19.3 Å². The van der Waals surface area contributed by atoms with Crippen LogP contribution in [-0.2, 0) is 11.8 Å². The zero-order valence-corrected chi connectivity index (χ0v) is 15.0. The number of nitrogens with zero attached hydrogens (tertiary/aromatic N) is 3. The zero-order valence-electron chi connectivity index (χ0n) is 14.2. The molecule has 0 saturated carbocycles. The van der Waals surface area contributed by atoms with Crippen molar-refractivity contribution < 1.29 is 4.79 Å². The van der Waals surface area contributed by atoms with Gasteiger partial charge in [0.1, 0.15) is 0 Å². The second kappa shape index (κ2) is 7.53. The fourth-order valence-corrected chi connectivity index (χ4v) is 3.49. The Balaban J connectivity index is 1.81. The van der Waals surface area contributed by atoms with Gasteiger partial charge in [-0.05, 0) is 31.2 Å². The van der Waals surface area contributed by atoms with Crippen LogP contribution in [0.3, 0.4) is 0 Å². The van der Waals surface area contributed by atoms with Gasteiger partial charge < -0.3 is 4.90 Å². The van der Waals surface area contributed by atoms with Crippen molar-refractivity contribution in [1.82, 2.24) is 9.55 Å². The van der Waals surface area contributed by atoms with E-state index in [1.807, 2.05) is 55.5 Å². The van der Waals surface area contributed by atoms with Crippen molar-refractivity contribution in [3.63, 3.8) is 0 Å². The molecule has 3 aromatic rings. The van der Waals surface area contributed by atoms with Gasteiger partial charge in [0.05, 0.1) is 16.7 Å². The van der Waals surface area contributed by atoms with Crippen LogP contribution in [0.15, 0.2) is 64.5 Å². The molecule has 0 aliphatic carbocycles. The predicted octanol–water partition coefficient (Wildman–Crippen LogP) is 3.08. The highest BCUT2D eigenvalue weighted by Gasteiger charge is 2.16. The van der Waals surface area contributed by atoms with Crippen molar-refractivity contribution in [2.45, 2.75) is 12.1 Å². The first-order valence-electron chi connectivity index (χ1n) is 8.05. The van der Waals surface area contributed by atoms with Crippen molar-refractivity contribution >= 4 is 34.3 Å². The maximum atomic E-state index is 12.6. The number of carbonyl (C=O) groups is 1. The molecule has 0 unspecified atom stereocenters. The zero-order chi connectivity index (χ0) is 17.8. The highest BCUT2D eigenvalue weighted by atomic mass is 32.2. The molecule has 0 aliphatic rings. The Bertz CT molecular complexity index is 954. The minimum Gasteiger partial charge on any atom is -0.312 e. The smallest absolute Gasteiger partial charge is 0.261 e. The SMILES string of the molecule is CCN(C(=O)CSc1nc2ccccc2c(=O)n1C)c1ccccc1. The van der Waals surface area contributed by atoms with E-state index < -0.39 is 0 Å². The Morgan fingerprint density at radius 1 is 1.12 bits per heavy atom. The molecular weight excluding hydrogens is 334 g/mol. The summed E-state index contributed by atoms with van der Waals surface area (Å²) in [7, 11) is 1.68. The number of anilines is 1. The molecule has 0 atom stereocenters. The summed E-state index contributed by atoms with van der Waals surface area (Å²) in [6, 6.07) is 16.8. The standard InChI is InChI=1S/C19H19N3O2S/c1-3-22(14-9-5-4-6-10-14)17(23)13-25-19-20-16-12-8-7-11-15(16)18(24)21(19)2/h4-12H,3,13H2,1-2H3. The highest BCUT2D eigenvalue weighted by molar-refractivity contribution is 7.99. The van der Waals surface area contributed by atoms with Crippen molar-refractivity contribution in [3.05, 3.63) is 65.0 Å². The summed E-state index contributed by atoms with van der Waals surface area (Å²) in [5.41, 5.74) is 1.42. The molecule has 1 aromatic heterocycles. The van der Waals surface area contributed by atoms with Gasteiger partial charge in [-0.3, -0.25) is 14.2 Å². The van der Waals surface area contributed by atoms with E-state index in [1.54, 1.807) is 18.0 Å². The fourth-order valence-electron chi connectivity index (χ4n) is 2.64. The lowest BCUT2D eigenvalue weighted by Crippen LogP contribution is -2.32. The first-order chi connectivity index (χ1) is 12.1. The van der Waals surface area contributed by atoms with E-state index in [4.69, 9.17) is 0 Å². The van der Waals surface area contributed by atoms with Crippen LogP contribution in [-0.4, -0.2) is 27.8 Å². The Hall–Kier alpha value is -2.60. The summed E-state index contributed by atoms with van der Waals surface area (Å²) in [5, 5.41) is 1.13. The molecule has 3 rings (SSSR count). The minimum absolute atomic E-state index is 0.0129. The lowest BCUT2D eigenvalue weighted by molar-refractivity contribution is -0.116. The molecule has 0 fully saturated rings. The van der Waals surface area contributed by atoms with Crippen LogP contribution < -0.4 is 10.5 Å². The van der Waals surface area contributed by atoms with Gasteiger partial charge in [0.2, 0.25) is 5.91 Å². The summed E-state index contributed by atoms with van der Waals surface area (Å²) >= 11 is 1.28. The van der Waals surface area contributed by atoms with Gasteiger partial charge in [0.15, 0.2) is 5.16 Å². The number of benzene rings is 2. The van der Waals surface area contributed by atoms with Crippen molar-refractivity contribution in [3.8, 4) is 0 Å². The summed E-state index contributed by atoms with van der Waals surface area (Å²) in [5.74, 6) is 0.211. The van der Waals surface area contributed by atoms with Crippen LogP contribution in [0.25, 0.3) is 10.9 Å². The number of hydrogen-bond donors (Lipinski definition) is 0. The lowest BCUT2D eigenvalue weighted by Gasteiger charge is -2.21. The highest BCUT2D eigenvalue weighted by Crippen LogP contribution is 2.19. The third kappa shape index (κ3) is 3.58. The topological polar surface area (TPSA) is 55.2 Å². The van der Waals surface area contributed by atoms with Crippen molar-refractivity contribution in [2.75, 3.05) is 17.2 Å². The molecule has 0 saturated heterocycles. The van der Waals surface area contributed by atoms with Crippen molar-refractivity contribution in [2.24, 2.45) is 7.05 Å². The molecule has 25 heavy (non-hydrogen) atoms. The van der Waals surface area contributed by atoms with E-state index in [2.05, 4.69) is 4.98 Å². The number of para-hydroxylation sites is 2. The van der Waals surface area contributed by atoms with E-state index in [9.17, 15) is 9.59 Å². The Labute approximate surface area is 150 Å². The number of thioether (sulfide) groups is 1. The molecule has 0 bridgehead atoms. The van der Waals surface area contributed by atoms with E-state index in [0.29, 0.717) is 22.6 Å². The molecule has 0 aliphatic heterocycles. The molecule has 5 nitrogen and oxygen atoms in total. The average molecular weight is 353 g/mol. The van der Waals surface area contributed by atoms with Crippen LogP contribution in [0.4, 0.5) is 5.69 Å². The number of amides is 1. The summed E-state index contributed by atoms with van der Waals surface area (Å²) in [6.45, 7) is 2.53. The van der Waals surface area contributed by atoms with E-state index in [-0.39, 0.29) is 17.2 Å². The fraction of sp³-hybridized carbons (Fsp3) is 0.211. The first kappa shape index (κ1) is 17.2. The van der Waals surface area contributed by atoms with Crippen LogP contribution in [0, 0.1) is 0 Å². The van der Waals surface area contributed by atoms with Gasteiger partial charge in [-0.25, -0.2) is 4.98 Å². The van der Waals surface area contributed by atoms with Crippen LogP contribution in [0.2, 0.25) is 0 Å². The normalized spacial score (nSPS) is 10.8. The predicted molar refractivity (Wildman–Crippen MR) is 102 cm³/mol.